The van der Waals surface area contributed by atoms with Gasteiger partial charge in [-0.3, -0.25) is 9.59 Å². The van der Waals surface area contributed by atoms with Crippen molar-refractivity contribution in [1.29, 1.82) is 0 Å². The quantitative estimate of drug-likeness (QED) is 0.531. The molecule has 1 aromatic rings. The summed E-state index contributed by atoms with van der Waals surface area (Å²) in [5, 5.41) is 1.47. The molecule has 1 rings (SSSR count). The lowest BCUT2D eigenvalue weighted by Crippen LogP contribution is -2.42. The Hall–Kier alpha value is -2.21. The molecule has 0 saturated carbocycles. The van der Waals surface area contributed by atoms with Gasteiger partial charge in [-0.15, -0.1) is 0 Å². The van der Waals surface area contributed by atoms with Gasteiger partial charge in [-0.05, 0) is 19.1 Å². The number of benzene rings is 1. The normalized spacial score (nSPS) is 13.2. The molecule has 0 aliphatic heterocycles. The van der Waals surface area contributed by atoms with Gasteiger partial charge in [0.25, 0.3) is 5.91 Å². The standard InChI is InChI=1S/C13H14F4N2O5S/c1-8(12(21)24-6-11(20)18-7-13(15,16)17)19-25(22,23)10-5-3-2-4-9(10)14/h2-5,8,19H,6-7H2,1H3,(H,18,20)/t8-/m0/s1. The van der Waals surface area contributed by atoms with Gasteiger partial charge in [-0.2, -0.15) is 17.9 Å². The number of sulfonamides is 1. The van der Waals surface area contributed by atoms with Crippen LogP contribution in [0.1, 0.15) is 6.92 Å². The third-order valence-electron chi connectivity index (χ3n) is 2.64. The summed E-state index contributed by atoms with van der Waals surface area (Å²) in [6.07, 6.45) is -4.62. The average molecular weight is 386 g/mol. The van der Waals surface area contributed by atoms with E-state index in [9.17, 15) is 35.6 Å². The Bertz CT molecular complexity index is 736. The van der Waals surface area contributed by atoms with E-state index < -0.39 is 58.0 Å². The number of carbonyl (C=O) groups is 2. The molecule has 1 amide bonds. The van der Waals surface area contributed by atoms with Gasteiger partial charge in [0.1, 0.15) is 23.3 Å². The van der Waals surface area contributed by atoms with Crippen LogP contribution >= 0.6 is 0 Å². The number of nitrogens with one attached hydrogen (secondary N) is 2. The summed E-state index contributed by atoms with van der Waals surface area (Å²) >= 11 is 0. The molecule has 0 radical (unpaired) electrons. The van der Waals surface area contributed by atoms with E-state index in [0.717, 1.165) is 19.1 Å². The lowest BCUT2D eigenvalue weighted by Gasteiger charge is -2.14. The molecule has 0 aliphatic rings. The van der Waals surface area contributed by atoms with Crippen molar-refractivity contribution < 1.29 is 40.3 Å². The van der Waals surface area contributed by atoms with Crippen LogP contribution in [0.4, 0.5) is 17.6 Å². The Kier molecular flexibility index (Phi) is 6.87. The maximum absolute atomic E-state index is 13.5. The summed E-state index contributed by atoms with van der Waals surface area (Å²) in [7, 11) is -4.38. The van der Waals surface area contributed by atoms with Gasteiger partial charge in [0.15, 0.2) is 6.61 Å². The first-order valence-corrected chi connectivity index (χ1v) is 8.17. The topological polar surface area (TPSA) is 102 Å². The van der Waals surface area contributed by atoms with Crippen molar-refractivity contribution in [2.24, 2.45) is 0 Å². The molecule has 0 aromatic heterocycles. The third kappa shape index (κ3) is 7.05. The van der Waals surface area contributed by atoms with Crippen molar-refractivity contribution in [3.8, 4) is 0 Å². The fourth-order valence-electron chi connectivity index (χ4n) is 1.52. The van der Waals surface area contributed by atoms with E-state index in [1.807, 2.05) is 4.72 Å². The monoisotopic (exact) mass is 386 g/mol. The van der Waals surface area contributed by atoms with E-state index >= 15 is 0 Å². The van der Waals surface area contributed by atoms with Gasteiger partial charge >= 0.3 is 12.1 Å². The fourth-order valence-corrected chi connectivity index (χ4v) is 2.79. The van der Waals surface area contributed by atoms with Crippen molar-refractivity contribution >= 4 is 21.9 Å². The van der Waals surface area contributed by atoms with Crippen molar-refractivity contribution in [1.82, 2.24) is 10.0 Å². The average Bonchev–Trinajstić information content (AvgIpc) is 2.49. The van der Waals surface area contributed by atoms with Gasteiger partial charge in [-0.1, -0.05) is 12.1 Å². The molecule has 0 saturated heterocycles. The second kappa shape index (κ2) is 8.25. The highest BCUT2D eigenvalue weighted by molar-refractivity contribution is 7.89. The van der Waals surface area contributed by atoms with E-state index in [0.29, 0.717) is 0 Å². The molecule has 1 atom stereocenters. The van der Waals surface area contributed by atoms with Crippen LogP contribution in [0.25, 0.3) is 0 Å². The van der Waals surface area contributed by atoms with E-state index in [1.165, 1.54) is 17.4 Å². The second-order valence-corrected chi connectivity index (χ2v) is 6.46. The number of hydrogen-bond donors (Lipinski definition) is 2. The predicted octanol–water partition coefficient (Wildman–Crippen LogP) is 0.714. The Balaban J connectivity index is 2.57. The predicted molar refractivity (Wildman–Crippen MR) is 76.2 cm³/mol. The summed E-state index contributed by atoms with van der Waals surface area (Å²) in [5.41, 5.74) is 0. The Morgan fingerprint density at radius 2 is 1.84 bits per heavy atom. The number of halogens is 4. The Morgan fingerprint density at radius 3 is 2.40 bits per heavy atom. The molecule has 2 N–H and O–H groups in total. The first-order valence-electron chi connectivity index (χ1n) is 6.69. The minimum absolute atomic E-state index is 0.697. The zero-order valence-electron chi connectivity index (χ0n) is 12.8. The maximum Gasteiger partial charge on any atom is 0.405 e. The van der Waals surface area contributed by atoms with Crippen LogP contribution in [0.5, 0.6) is 0 Å². The van der Waals surface area contributed by atoms with Gasteiger partial charge in [-0.25, -0.2) is 12.8 Å². The zero-order chi connectivity index (χ0) is 19.3. The number of esters is 1. The molecule has 0 fully saturated rings. The summed E-state index contributed by atoms with van der Waals surface area (Å²) in [5.74, 6) is -3.47. The lowest BCUT2D eigenvalue weighted by atomic mass is 10.3. The van der Waals surface area contributed by atoms with Crippen LogP contribution in [-0.2, 0) is 24.3 Å². The lowest BCUT2D eigenvalue weighted by molar-refractivity contribution is -0.152. The first kappa shape index (κ1) is 20.8. The molecule has 0 bridgehead atoms. The highest BCUT2D eigenvalue weighted by Gasteiger charge is 2.28. The molecule has 0 unspecified atom stereocenters. The second-order valence-electron chi connectivity index (χ2n) is 4.77. The van der Waals surface area contributed by atoms with Crippen LogP contribution in [-0.4, -0.2) is 45.7 Å². The smallest absolute Gasteiger partial charge is 0.405 e. The Labute approximate surface area is 140 Å². The minimum Gasteiger partial charge on any atom is -0.454 e. The molecule has 7 nitrogen and oxygen atoms in total. The number of carbonyl (C=O) groups excluding carboxylic acids is 2. The van der Waals surface area contributed by atoms with Gasteiger partial charge < -0.3 is 10.1 Å². The molecule has 0 spiro atoms. The molecule has 0 aliphatic carbocycles. The van der Waals surface area contributed by atoms with E-state index in [2.05, 4.69) is 4.74 Å². The SMILES string of the molecule is C[C@H](NS(=O)(=O)c1ccccc1F)C(=O)OCC(=O)NCC(F)(F)F. The number of alkyl halides is 3. The highest BCUT2D eigenvalue weighted by atomic mass is 32.2. The minimum atomic E-state index is -4.62. The van der Waals surface area contributed by atoms with Crippen molar-refractivity contribution in [2.75, 3.05) is 13.2 Å². The molecule has 0 heterocycles. The maximum atomic E-state index is 13.5. The fraction of sp³-hybridized carbons (Fsp3) is 0.385. The molecular formula is C13H14F4N2O5S. The number of ether oxygens (including phenoxy) is 1. The largest absolute Gasteiger partial charge is 0.454 e. The van der Waals surface area contributed by atoms with Gasteiger partial charge in [0, 0.05) is 0 Å². The number of amides is 1. The Morgan fingerprint density at radius 1 is 1.24 bits per heavy atom. The summed E-state index contributed by atoms with van der Waals surface area (Å²) in [6, 6.07) is 2.92. The summed E-state index contributed by atoms with van der Waals surface area (Å²) in [6.45, 7) is -1.56. The van der Waals surface area contributed by atoms with Crippen LogP contribution < -0.4 is 10.0 Å². The van der Waals surface area contributed by atoms with E-state index in [-0.39, 0.29) is 0 Å². The highest BCUT2D eigenvalue weighted by Crippen LogP contribution is 2.14. The van der Waals surface area contributed by atoms with Crippen LogP contribution in [0.3, 0.4) is 0 Å². The molecule has 25 heavy (non-hydrogen) atoms. The van der Waals surface area contributed by atoms with Gasteiger partial charge in [0.2, 0.25) is 10.0 Å². The molecular weight excluding hydrogens is 372 g/mol. The van der Waals surface area contributed by atoms with Crippen LogP contribution in [0.2, 0.25) is 0 Å². The van der Waals surface area contributed by atoms with Crippen LogP contribution in [0.15, 0.2) is 29.2 Å². The number of rotatable bonds is 7. The number of hydrogen-bond acceptors (Lipinski definition) is 5. The summed E-state index contributed by atoms with van der Waals surface area (Å²) in [4.78, 5) is 22.0. The van der Waals surface area contributed by atoms with Crippen LogP contribution in [0, 0.1) is 5.82 Å². The zero-order valence-corrected chi connectivity index (χ0v) is 13.6. The molecule has 1 aromatic carbocycles. The molecule has 12 heteroatoms. The third-order valence-corrected chi connectivity index (χ3v) is 4.22. The summed E-state index contributed by atoms with van der Waals surface area (Å²) < 4.78 is 79.3. The van der Waals surface area contributed by atoms with Crippen molar-refractivity contribution in [3.05, 3.63) is 30.1 Å². The van der Waals surface area contributed by atoms with Gasteiger partial charge in [0.05, 0.1) is 0 Å². The molecule has 140 valence electrons. The first-order chi connectivity index (χ1) is 11.4. The van der Waals surface area contributed by atoms with Crippen molar-refractivity contribution in [2.45, 2.75) is 24.0 Å². The van der Waals surface area contributed by atoms with E-state index in [1.54, 1.807) is 0 Å². The van der Waals surface area contributed by atoms with Crippen molar-refractivity contribution in [3.63, 3.8) is 0 Å². The van der Waals surface area contributed by atoms with E-state index in [4.69, 9.17) is 0 Å².